The highest BCUT2D eigenvalue weighted by Gasteiger charge is 2.35. The molecule has 7 heteroatoms. The molecule has 1 saturated carbocycles. The third-order valence-corrected chi connectivity index (χ3v) is 4.19. The minimum Gasteiger partial charge on any atom is -0.481 e. The molecule has 23 heavy (non-hydrogen) atoms. The van der Waals surface area contributed by atoms with Crippen molar-refractivity contribution in [3.8, 4) is 0 Å². The van der Waals surface area contributed by atoms with Gasteiger partial charge in [-0.15, -0.1) is 0 Å². The van der Waals surface area contributed by atoms with Crippen molar-refractivity contribution in [1.29, 1.82) is 0 Å². The van der Waals surface area contributed by atoms with E-state index in [1.165, 1.54) is 0 Å². The fourth-order valence-electron chi connectivity index (χ4n) is 3.05. The lowest BCUT2D eigenvalue weighted by atomic mass is 9.82. The van der Waals surface area contributed by atoms with Crippen LogP contribution in [0.4, 0.5) is 0 Å². The van der Waals surface area contributed by atoms with Crippen molar-refractivity contribution >= 4 is 5.97 Å². The number of H-pyrrole nitrogens is 1. The van der Waals surface area contributed by atoms with Crippen LogP contribution < -0.4 is 5.32 Å². The summed E-state index contributed by atoms with van der Waals surface area (Å²) in [6.45, 7) is 9.34. The van der Waals surface area contributed by atoms with E-state index in [-0.39, 0.29) is 5.41 Å². The van der Waals surface area contributed by atoms with E-state index < -0.39 is 5.97 Å². The summed E-state index contributed by atoms with van der Waals surface area (Å²) in [7, 11) is 0. The summed E-state index contributed by atoms with van der Waals surface area (Å²) in [4.78, 5) is 13.7. The van der Waals surface area contributed by atoms with Crippen LogP contribution in [0.2, 0.25) is 0 Å². The van der Waals surface area contributed by atoms with E-state index >= 15 is 0 Å². The van der Waals surface area contributed by atoms with Gasteiger partial charge >= 0.3 is 0 Å². The van der Waals surface area contributed by atoms with Gasteiger partial charge in [0.05, 0.1) is 12.7 Å². The maximum absolute atomic E-state index is 9.00. The molecule has 1 aliphatic heterocycles. The summed E-state index contributed by atoms with van der Waals surface area (Å²) in [5, 5.41) is 18.5. The van der Waals surface area contributed by atoms with Gasteiger partial charge in [0.2, 0.25) is 0 Å². The van der Waals surface area contributed by atoms with Crippen LogP contribution >= 0.6 is 0 Å². The molecule has 0 aromatic carbocycles. The second-order valence-electron chi connectivity index (χ2n) is 7.29. The molecular weight excluding hydrogens is 296 g/mol. The van der Waals surface area contributed by atoms with Crippen molar-refractivity contribution in [3.63, 3.8) is 0 Å². The molecule has 1 aromatic heterocycles. The Balaban J connectivity index is 0.000000433. The lowest BCUT2D eigenvalue weighted by molar-refractivity contribution is -0.134. The van der Waals surface area contributed by atoms with E-state index in [2.05, 4.69) is 36.3 Å². The predicted octanol–water partition coefficient (Wildman–Crippen LogP) is 1.82. The lowest BCUT2D eigenvalue weighted by Crippen LogP contribution is -2.51. The molecule has 3 N–H and O–H groups in total. The summed E-state index contributed by atoms with van der Waals surface area (Å²) < 4.78 is 5.82. The molecule has 1 aromatic rings. The maximum atomic E-state index is 9.00. The number of nitrogens with zero attached hydrogens (tertiary/aromatic N) is 2. The number of hydrogen-bond donors (Lipinski definition) is 3. The molecule has 0 unspecified atom stereocenters. The molecule has 2 aliphatic rings. The van der Waals surface area contributed by atoms with Gasteiger partial charge in [0, 0.05) is 30.8 Å². The van der Waals surface area contributed by atoms with Crippen LogP contribution in [0.15, 0.2) is 0 Å². The second kappa shape index (κ2) is 7.40. The third kappa shape index (κ3) is 5.00. The van der Waals surface area contributed by atoms with E-state index in [1.54, 1.807) is 0 Å². The number of carboxylic acid groups (broad SMARTS) is 1. The molecular formula is C16H28N4O3. The molecule has 1 aliphatic carbocycles. The monoisotopic (exact) mass is 324 g/mol. The fourth-order valence-corrected chi connectivity index (χ4v) is 3.05. The third-order valence-electron chi connectivity index (χ3n) is 4.19. The summed E-state index contributed by atoms with van der Waals surface area (Å²) in [6.07, 6.45) is 3.76. The molecule has 3 rings (SSSR count). The second-order valence-corrected chi connectivity index (χ2v) is 7.29. The van der Waals surface area contributed by atoms with Crippen LogP contribution in [0.5, 0.6) is 0 Å². The minimum atomic E-state index is -0.833. The summed E-state index contributed by atoms with van der Waals surface area (Å²) in [6, 6.07) is 0.482. The van der Waals surface area contributed by atoms with E-state index in [0.29, 0.717) is 18.1 Å². The number of carboxylic acids is 1. The molecule has 0 amide bonds. The van der Waals surface area contributed by atoms with E-state index in [0.717, 1.165) is 51.0 Å². The van der Waals surface area contributed by atoms with Gasteiger partial charge in [-0.05, 0) is 19.3 Å². The van der Waals surface area contributed by atoms with Gasteiger partial charge < -0.3 is 15.2 Å². The first-order valence-electron chi connectivity index (χ1n) is 8.24. The van der Waals surface area contributed by atoms with Crippen molar-refractivity contribution in [2.45, 2.75) is 70.4 Å². The first-order valence-corrected chi connectivity index (χ1v) is 8.24. The van der Waals surface area contributed by atoms with Crippen molar-refractivity contribution in [2.75, 3.05) is 13.2 Å². The highest BCUT2D eigenvalue weighted by atomic mass is 16.5. The number of rotatable bonds is 1. The van der Waals surface area contributed by atoms with Gasteiger partial charge in [-0.1, -0.05) is 20.8 Å². The maximum Gasteiger partial charge on any atom is 0.300 e. The summed E-state index contributed by atoms with van der Waals surface area (Å²) in [5.74, 6) is 1.62. The van der Waals surface area contributed by atoms with Crippen molar-refractivity contribution in [3.05, 3.63) is 11.6 Å². The highest BCUT2D eigenvalue weighted by Crippen LogP contribution is 2.34. The van der Waals surface area contributed by atoms with E-state index in [9.17, 15) is 0 Å². The fraction of sp³-hybridized carbons (Fsp3) is 0.812. The average Bonchev–Trinajstić information content (AvgIpc) is 2.96. The molecule has 2 fully saturated rings. The van der Waals surface area contributed by atoms with Crippen LogP contribution in [0.25, 0.3) is 0 Å². The zero-order valence-corrected chi connectivity index (χ0v) is 14.4. The first kappa shape index (κ1) is 17.9. The van der Waals surface area contributed by atoms with Crippen LogP contribution in [-0.4, -0.2) is 51.6 Å². The quantitative estimate of drug-likeness (QED) is 0.728. The van der Waals surface area contributed by atoms with Gasteiger partial charge in [0.25, 0.3) is 5.97 Å². The Morgan fingerprint density at radius 1 is 1.35 bits per heavy atom. The van der Waals surface area contributed by atoms with Gasteiger partial charge in [-0.2, -0.15) is 5.10 Å². The molecule has 0 bridgehead atoms. The number of morpholine rings is 1. The van der Waals surface area contributed by atoms with Gasteiger partial charge in [0.1, 0.15) is 5.82 Å². The van der Waals surface area contributed by atoms with Crippen molar-refractivity contribution < 1.29 is 14.6 Å². The number of ether oxygens (including phenoxy) is 1. The smallest absolute Gasteiger partial charge is 0.300 e. The number of aromatic nitrogens is 3. The number of aromatic amines is 1. The molecule has 7 nitrogen and oxygen atoms in total. The summed E-state index contributed by atoms with van der Waals surface area (Å²) in [5.41, 5.74) is 0.0121. The van der Waals surface area contributed by atoms with E-state index in [4.69, 9.17) is 19.6 Å². The minimum absolute atomic E-state index is 0.0121. The molecule has 130 valence electrons. The standard InChI is InChI=1S/C14H24N4O.C2H4O2/c1-14(2,3)13-16-12(17-18-13)9-4-5-11-10(8-9)15-6-7-19-11;1-2(3)4/h9-11,15H,4-8H2,1-3H3,(H,16,17,18);1H3,(H,3,4)/t9-,10+,11+;/m0./s1. The molecule has 3 atom stereocenters. The number of aliphatic carboxylic acids is 1. The first-order chi connectivity index (χ1) is 10.8. The lowest BCUT2D eigenvalue weighted by Gasteiger charge is -2.39. The van der Waals surface area contributed by atoms with Gasteiger partial charge in [-0.25, -0.2) is 4.98 Å². The number of nitrogens with one attached hydrogen (secondary N) is 2. The van der Waals surface area contributed by atoms with Crippen LogP contribution in [-0.2, 0) is 14.9 Å². The van der Waals surface area contributed by atoms with Crippen LogP contribution in [0.1, 0.15) is 64.5 Å². The largest absolute Gasteiger partial charge is 0.481 e. The van der Waals surface area contributed by atoms with E-state index in [1.807, 2.05) is 0 Å². The zero-order valence-electron chi connectivity index (χ0n) is 14.4. The predicted molar refractivity (Wildman–Crippen MR) is 86.5 cm³/mol. The zero-order chi connectivity index (χ0) is 17.0. The van der Waals surface area contributed by atoms with Gasteiger partial charge in [0.15, 0.2) is 5.82 Å². The Hall–Kier alpha value is -1.47. The number of hydrogen-bond acceptors (Lipinski definition) is 5. The Labute approximate surface area is 137 Å². The Morgan fingerprint density at radius 3 is 2.65 bits per heavy atom. The number of fused-ring (bicyclic) bond motifs is 1. The Morgan fingerprint density at radius 2 is 2.04 bits per heavy atom. The SMILES string of the molecule is CC(=O)O.CC(C)(C)c1n[nH]c([C@H]2CC[C@H]3OCCN[C@@H]3C2)n1. The molecule has 0 radical (unpaired) electrons. The van der Waals surface area contributed by atoms with Crippen molar-refractivity contribution in [1.82, 2.24) is 20.5 Å². The Kier molecular flexibility index (Phi) is 5.75. The molecule has 1 saturated heterocycles. The Bertz CT molecular complexity index is 520. The summed E-state index contributed by atoms with van der Waals surface area (Å²) >= 11 is 0. The topological polar surface area (TPSA) is 100 Å². The number of carbonyl (C=O) groups is 1. The molecule has 0 spiro atoms. The van der Waals surface area contributed by atoms with Crippen LogP contribution in [0.3, 0.4) is 0 Å². The highest BCUT2D eigenvalue weighted by molar-refractivity contribution is 5.62. The van der Waals surface area contributed by atoms with Crippen molar-refractivity contribution in [2.24, 2.45) is 0 Å². The van der Waals surface area contributed by atoms with Crippen LogP contribution in [0, 0.1) is 0 Å². The normalized spacial score (nSPS) is 27.6. The molecule has 2 heterocycles. The average molecular weight is 324 g/mol. The van der Waals surface area contributed by atoms with Gasteiger partial charge in [-0.3, -0.25) is 9.89 Å².